The Morgan fingerprint density at radius 1 is 0.636 bits per heavy atom. The third-order valence-corrected chi connectivity index (χ3v) is 3.99. The Balaban J connectivity index is -0.00000180. The van der Waals surface area contributed by atoms with E-state index in [4.69, 9.17) is 5.11 Å². The second-order valence-electron chi connectivity index (χ2n) is 6.09. The van der Waals surface area contributed by atoms with Crippen molar-refractivity contribution in [2.45, 2.75) is 110 Å². The molecule has 0 bridgehead atoms. The van der Waals surface area contributed by atoms with Crippen LogP contribution in [0.25, 0.3) is 0 Å². The van der Waals surface area contributed by atoms with Gasteiger partial charge >= 0.3 is 35.5 Å². The van der Waals surface area contributed by atoms with Crippen LogP contribution in [0, 0.1) is 0 Å². The number of carbonyl (C=O) groups is 1. The molecule has 22 heavy (non-hydrogen) atoms. The standard InChI is InChI=1S/C18H36O2.Na.H2O/c1-2-3-4-5-6-7-8-9-10-11-12-13-14-15-16-17-18(19)20;;/h2-17H2,1H3,(H,19,20);;1H2/q;+1;/p-1. The van der Waals surface area contributed by atoms with Crippen LogP contribution in [0.3, 0.4) is 0 Å². The Bertz CT molecular complexity index is 211. The molecule has 0 aliphatic carbocycles. The van der Waals surface area contributed by atoms with Crippen molar-refractivity contribution in [1.82, 2.24) is 0 Å². The Kier molecular flexibility index (Phi) is 29.4. The fourth-order valence-corrected chi connectivity index (χ4v) is 2.65. The van der Waals surface area contributed by atoms with Gasteiger partial charge in [-0.1, -0.05) is 96.8 Å². The Morgan fingerprint density at radius 3 is 1.18 bits per heavy atom. The molecule has 0 aromatic carbocycles. The number of hydrogen-bond acceptors (Lipinski definition) is 2. The van der Waals surface area contributed by atoms with E-state index in [1.54, 1.807) is 0 Å². The van der Waals surface area contributed by atoms with Crippen molar-refractivity contribution in [3.63, 3.8) is 0 Å². The minimum Gasteiger partial charge on any atom is -0.870 e. The van der Waals surface area contributed by atoms with Crippen LogP contribution >= 0.6 is 0 Å². The predicted octanol–water partition coefficient (Wildman–Crippen LogP) is 3.16. The van der Waals surface area contributed by atoms with E-state index in [2.05, 4.69) is 6.92 Å². The van der Waals surface area contributed by atoms with Gasteiger partial charge in [-0.25, -0.2) is 0 Å². The van der Waals surface area contributed by atoms with Crippen molar-refractivity contribution in [2.24, 2.45) is 0 Å². The SMILES string of the molecule is CCCCCCCCCCCCCCCCCC(=O)O.[Na+].[OH-]. The summed E-state index contributed by atoms with van der Waals surface area (Å²) in [6.45, 7) is 2.27. The molecular weight excluding hydrogens is 287 g/mol. The summed E-state index contributed by atoms with van der Waals surface area (Å²) in [7, 11) is 0. The molecule has 0 radical (unpaired) electrons. The maximum Gasteiger partial charge on any atom is 1.00 e. The molecule has 0 aliphatic heterocycles. The van der Waals surface area contributed by atoms with Crippen LogP contribution in [-0.4, -0.2) is 16.6 Å². The molecule has 0 saturated heterocycles. The van der Waals surface area contributed by atoms with E-state index >= 15 is 0 Å². The van der Waals surface area contributed by atoms with Crippen molar-refractivity contribution >= 4 is 5.97 Å². The first kappa shape index (κ1) is 27.3. The van der Waals surface area contributed by atoms with Crippen molar-refractivity contribution in [3.8, 4) is 0 Å². The predicted molar refractivity (Wildman–Crippen MR) is 89.1 cm³/mol. The monoisotopic (exact) mass is 324 g/mol. The molecule has 0 aliphatic rings. The normalized spacial score (nSPS) is 9.86. The van der Waals surface area contributed by atoms with Crippen LogP contribution in [0.4, 0.5) is 0 Å². The summed E-state index contributed by atoms with van der Waals surface area (Å²) in [6.07, 6.45) is 20.2. The van der Waals surface area contributed by atoms with Crippen molar-refractivity contribution < 1.29 is 44.9 Å². The van der Waals surface area contributed by atoms with Crippen LogP contribution in [-0.2, 0) is 4.79 Å². The van der Waals surface area contributed by atoms with Gasteiger partial charge in [0, 0.05) is 6.42 Å². The van der Waals surface area contributed by atoms with Gasteiger partial charge in [0.2, 0.25) is 0 Å². The third kappa shape index (κ3) is 25.4. The van der Waals surface area contributed by atoms with E-state index in [-0.39, 0.29) is 35.0 Å². The van der Waals surface area contributed by atoms with E-state index in [1.807, 2.05) is 0 Å². The van der Waals surface area contributed by atoms with Gasteiger partial charge in [0.25, 0.3) is 0 Å². The first-order chi connectivity index (χ1) is 9.77. The Morgan fingerprint density at radius 2 is 0.909 bits per heavy atom. The molecule has 128 valence electrons. The van der Waals surface area contributed by atoms with Gasteiger partial charge in [-0.15, -0.1) is 0 Å². The second kappa shape index (κ2) is 23.7. The molecule has 0 unspecified atom stereocenters. The van der Waals surface area contributed by atoms with E-state index in [0.717, 1.165) is 12.8 Å². The van der Waals surface area contributed by atoms with Crippen molar-refractivity contribution in [1.29, 1.82) is 0 Å². The molecule has 2 N–H and O–H groups in total. The quantitative estimate of drug-likeness (QED) is 0.350. The second-order valence-corrected chi connectivity index (χ2v) is 6.09. The smallest absolute Gasteiger partial charge is 0.870 e. The molecule has 0 spiro atoms. The number of aliphatic carboxylic acids is 1. The van der Waals surface area contributed by atoms with E-state index < -0.39 is 5.97 Å². The van der Waals surface area contributed by atoms with E-state index in [1.165, 1.54) is 83.5 Å². The minimum absolute atomic E-state index is 0. The number of carboxylic acids is 1. The van der Waals surface area contributed by atoms with Gasteiger partial charge in [-0.05, 0) is 6.42 Å². The third-order valence-electron chi connectivity index (χ3n) is 3.99. The summed E-state index contributed by atoms with van der Waals surface area (Å²) < 4.78 is 0. The number of hydrogen-bond donors (Lipinski definition) is 1. The first-order valence-electron chi connectivity index (χ1n) is 8.99. The molecule has 4 heteroatoms. The maximum absolute atomic E-state index is 10.3. The number of carboxylic acid groups (broad SMARTS) is 1. The average molecular weight is 324 g/mol. The van der Waals surface area contributed by atoms with Gasteiger partial charge in [0.1, 0.15) is 0 Å². The minimum atomic E-state index is -0.653. The summed E-state index contributed by atoms with van der Waals surface area (Å²) in [5.41, 5.74) is 0. The Labute approximate surface area is 160 Å². The molecule has 0 rings (SSSR count). The summed E-state index contributed by atoms with van der Waals surface area (Å²) in [6, 6.07) is 0. The summed E-state index contributed by atoms with van der Waals surface area (Å²) >= 11 is 0. The molecular formula is C18H37NaO3. The van der Waals surface area contributed by atoms with Crippen LogP contribution in [0.5, 0.6) is 0 Å². The molecule has 0 saturated carbocycles. The number of rotatable bonds is 16. The van der Waals surface area contributed by atoms with Crippen molar-refractivity contribution in [2.75, 3.05) is 0 Å². The van der Waals surface area contributed by atoms with Crippen molar-refractivity contribution in [3.05, 3.63) is 0 Å². The maximum atomic E-state index is 10.3. The van der Waals surface area contributed by atoms with Gasteiger partial charge in [-0.2, -0.15) is 0 Å². The Hall–Kier alpha value is 0.430. The van der Waals surface area contributed by atoms with E-state index in [0.29, 0.717) is 6.42 Å². The average Bonchev–Trinajstić information content (AvgIpc) is 2.43. The molecule has 3 nitrogen and oxygen atoms in total. The summed E-state index contributed by atoms with van der Waals surface area (Å²) in [5, 5.41) is 8.52. The van der Waals surface area contributed by atoms with Gasteiger partial charge in [0.15, 0.2) is 0 Å². The zero-order chi connectivity index (χ0) is 14.9. The topological polar surface area (TPSA) is 67.3 Å². The molecule has 0 fully saturated rings. The van der Waals surface area contributed by atoms with Gasteiger partial charge in [-0.3, -0.25) is 4.79 Å². The van der Waals surface area contributed by atoms with Crippen LogP contribution < -0.4 is 29.6 Å². The summed E-state index contributed by atoms with van der Waals surface area (Å²) in [4.78, 5) is 10.3. The zero-order valence-electron chi connectivity index (χ0n) is 15.1. The largest absolute Gasteiger partial charge is 1.00 e. The van der Waals surface area contributed by atoms with E-state index in [9.17, 15) is 4.79 Å². The fraction of sp³-hybridized carbons (Fsp3) is 0.944. The van der Waals surface area contributed by atoms with Crippen LogP contribution in [0.1, 0.15) is 110 Å². The summed E-state index contributed by atoms with van der Waals surface area (Å²) in [5.74, 6) is -0.653. The van der Waals surface area contributed by atoms with Crippen LogP contribution in [0.15, 0.2) is 0 Å². The van der Waals surface area contributed by atoms with Crippen LogP contribution in [0.2, 0.25) is 0 Å². The molecule has 0 aromatic rings. The first-order valence-corrected chi connectivity index (χ1v) is 8.99. The molecule has 0 amide bonds. The molecule has 0 aromatic heterocycles. The fourth-order valence-electron chi connectivity index (χ4n) is 2.65. The van der Waals surface area contributed by atoms with Gasteiger partial charge < -0.3 is 10.6 Å². The molecule has 0 atom stereocenters. The molecule has 0 heterocycles. The van der Waals surface area contributed by atoms with Gasteiger partial charge in [0.05, 0.1) is 0 Å². The zero-order valence-corrected chi connectivity index (χ0v) is 17.1. The number of unbranched alkanes of at least 4 members (excludes halogenated alkanes) is 14.